The first kappa shape index (κ1) is 22.3. The lowest BCUT2D eigenvalue weighted by molar-refractivity contribution is -0.115. The van der Waals surface area contributed by atoms with Crippen LogP contribution in [0.15, 0.2) is 53.7 Å². The van der Waals surface area contributed by atoms with Crippen LogP contribution in [0.5, 0.6) is 0 Å². The lowest BCUT2D eigenvalue weighted by Gasteiger charge is -2.21. The van der Waals surface area contributed by atoms with Crippen LogP contribution in [0.25, 0.3) is 21.6 Å². The molecule has 0 aliphatic rings. The molecule has 1 atom stereocenters. The van der Waals surface area contributed by atoms with Crippen LogP contribution in [0.2, 0.25) is 0 Å². The molecule has 2 aromatic heterocycles. The van der Waals surface area contributed by atoms with Crippen molar-refractivity contribution in [3.8, 4) is 11.4 Å². The summed E-state index contributed by atoms with van der Waals surface area (Å²) in [6.45, 7) is 8.10. The van der Waals surface area contributed by atoms with Gasteiger partial charge in [-0.1, -0.05) is 35.2 Å². The number of hydrogen-bond donors (Lipinski definition) is 1. The van der Waals surface area contributed by atoms with E-state index in [9.17, 15) is 4.79 Å². The molecule has 0 radical (unpaired) electrons. The number of anilines is 2. The number of benzene rings is 2. The number of carbonyl (C=O) groups is 1. The fourth-order valence-corrected chi connectivity index (χ4v) is 5.11. The third-order valence-corrected chi connectivity index (χ3v) is 7.35. The van der Waals surface area contributed by atoms with Gasteiger partial charge in [0.25, 0.3) is 0 Å². The molecule has 4 rings (SSSR count). The lowest BCUT2D eigenvalue weighted by Crippen LogP contribution is -2.22. The van der Waals surface area contributed by atoms with E-state index in [-0.39, 0.29) is 11.2 Å². The van der Waals surface area contributed by atoms with E-state index < -0.39 is 0 Å². The van der Waals surface area contributed by atoms with Gasteiger partial charge in [-0.3, -0.25) is 4.79 Å². The molecule has 0 fully saturated rings. The topological polar surface area (TPSA) is 75.9 Å². The van der Waals surface area contributed by atoms with E-state index in [1.807, 2.05) is 42.8 Å². The van der Waals surface area contributed by atoms with Gasteiger partial charge >= 0.3 is 0 Å². The van der Waals surface area contributed by atoms with Crippen LogP contribution in [0, 0.1) is 0 Å². The number of hydrogen-bond acceptors (Lipinski definition) is 7. The first-order chi connectivity index (χ1) is 15.5. The predicted octanol–water partition coefficient (Wildman–Crippen LogP) is 5.06. The summed E-state index contributed by atoms with van der Waals surface area (Å²) >= 11 is 2.85. The second-order valence-electron chi connectivity index (χ2n) is 7.32. The van der Waals surface area contributed by atoms with Crippen LogP contribution >= 0.6 is 23.1 Å². The summed E-state index contributed by atoms with van der Waals surface area (Å²) < 4.78 is 2.98. The molecule has 0 bridgehead atoms. The highest BCUT2D eigenvalue weighted by atomic mass is 32.2. The van der Waals surface area contributed by atoms with Crippen molar-refractivity contribution in [2.24, 2.45) is 7.05 Å². The summed E-state index contributed by atoms with van der Waals surface area (Å²) in [5, 5.41) is 12.6. The highest BCUT2D eigenvalue weighted by Crippen LogP contribution is 2.29. The van der Waals surface area contributed by atoms with Crippen molar-refractivity contribution in [1.82, 2.24) is 19.7 Å². The summed E-state index contributed by atoms with van der Waals surface area (Å²) in [7, 11) is 1.92. The number of thioether (sulfide) groups is 1. The highest BCUT2D eigenvalue weighted by molar-refractivity contribution is 8.00. The zero-order valence-corrected chi connectivity index (χ0v) is 20.2. The Kier molecular flexibility index (Phi) is 6.76. The van der Waals surface area contributed by atoms with Crippen molar-refractivity contribution in [2.75, 3.05) is 23.3 Å². The van der Waals surface area contributed by atoms with Gasteiger partial charge in [0.15, 0.2) is 16.1 Å². The smallest absolute Gasteiger partial charge is 0.239 e. The molecule has 1 amide bonds. The van der Waals surface area contributed by atoms with Crippen LogP contribution in [-0.2, 0) is 11.8 Å². The van der Waals surface area contributed by atoms with Crippen molar-refractivity contribution in [3.63, 3.8) is 0 Å². The molecule has 0 saturated heterocycles. The van der Waals surface area contributed by atoms with Crippen molar-refractivity contribution in [2.45, 2.75) is 31.2 Å². The van der Waals surface area contributed by atoms with Gasteiger partial charge in [-0.2, -0.15) is 0 Å². The molecule has 0 spiro atoms. The molecule has 4 aromatic rings. The number of fused-ring (bicyclic) bond motifs is 1. The van der Waals surface area contributed by atoms with E-state index in [2.05, 4.69) is 63.5 Å². The summed E-state index contributed by atoms with van der Waals surface area (Å²) in [6, 6.07) is 16.2. The minimum Gasteiger partial charge on any atom is -0.372 e. The molecule has 2 heterocycles. The summed E-state index contributed by atoms with van der Waals surface area (Å²) in [6.07, 6.45) is 0. The van der Waals surface area contributed by atoms with E-state index in [4.69, 9.17) is 0 Å². The highest BCUT2D eigenvalue weighted by Gasteiger charge is 2.20. The van der Waals surface area contributed by atoms with Crippen LogP contribution in [0.3, 0.4) is 0 Å². The van der Waals surface area contributed by atoms with E-state index in [1.54, 1.807) is 0 Å². The molecule has 2 aromatic carbocycles. The lowest BCUT2D eigenvalue weighted by atomic mass is 10.2. The van der Waals surface area contributed by atoms with Crippen LogP contribution in [0.4, 0.5) is 10.8 Å². The molecule has 1 N–H and O–H groups in total. The number of thiazole rings is 1. The molecular weight excluding hydrogens is 440 g/mol. The first-order valence-corrected chi connectivity index (χ1v) is 12.3. The van der Waals surface area contributed by atoms with Crippen LogP contribution in [-0.4, -0.2) is 44.0 Å². The minimum atomic E-state index is -0.345. The maximum atomic E-state index is 12.7. The van der Waals surface area contributed by atoms with Gasteiger partial charge in [0.1, 0.15) is 0 Å². The van der Waals surface area contributed by atoms with Gasteiger partial charge in [0.2, 0.25) is 5.91 Å². The van der Waals surface area contributed by atoms with Gasteiger partial charge in [0, 0.05) is 31.4 Å². The Hall–Kier alpha value is -2.91. The normalized spacial score (nSPS) is 12.1. The number of nitrogens with zero attached hydrogens (tertiary/aromatic N) is 5. The van der Waals surface area contributed by atoms with Crippen LogP contribution in [0.1, 0.15) is 20.8 Å². The molecule has 9 heteroatoms. The number of nitrogens with one attached hydrogen (secondary N) is 1. The number of amides is 1. The minimum absolute atomic E-state index is 0.109. The molecule has 1 unspecified atom stereocenters. The van der Waals surface area contributed by atoms with Crippen molar-refractivity contribution >= 4 is 50.0 Å². The Morgan fingerprint density at radius 2 is 1.84 bits per heavy atom. The van der Waals surface area contributed by atoms with E-state index >= 15 is 0 Å². The standard InChI is InChI=1S/C23H26N6OS2/c1-5-29(6-2)17-13-11-16(12-14-17)20-26-27-23(28(20)4)31-15(3)21(30)25-22-24-18-9-7-8-10-19(18)32-22/h7-15H,5-6H2,1-4H3,(H,24,25,30). The van der Waals surface area contributed by atoms with E-state index in [0.29, 0.717) is 10.3 Å². The van der Waals surface area contributed by atoms with Crippen LogP contribution < -0.4 is 10.2 Å². The molecule has 0 aliphatic carbocycles. The monoisotopic (exact) mass is 466 g/mol. The van der Waals surface area contributed by atoms with Gasteiger partial charge in [-0.05, 0) is 57.2 Å². The molecule has 166 valence electrons. The third-order valence-electron chi connectivity index (χ3n) is 5.26. The van der Waals surface area contributed by atoms with Crippen molar-refractivity contribution in [3.05, 3.63) is 48.5 Å². The van der Waals surface area contributed by atoms with Gasteiger partial charge < -0.3 is 14.8 Å². The second kappa shape index (κ2) is 9.70. The third kappa shape index (κ3) is 4.63. The maximum absolute atomic E-state index is 12.7. The van der Waals surface area contributed by atoms with Gasteiger partial charge in [0.05, 0.1) is 15.5 Å². The fraction of sp³-hybridized carbons (Fsp3) is 0.304. The molecular formula is C23H26N6OS2. The Bertz CT molecular complexity index is 1180. The Morgan fingerprint density at radius 1 is 1.12 bits per heavy atom. The second-order valence-corrected chi connectivity index (χ2v) is 9.66. The van der Waals surface area contributed by atoms with E-state index in [1.165, 1.54) is 28.8 Å². The number of para-hydroxylation sites is 1. The quantitative estimate of drug-likeness (QED) is 0.366. The summed E-state index contributed by atoms with van der Waals surface area (Å²) in [5.74, 6) is 0.666. The first-order valence-electron chi connectivity index (χ1n) is 10.6. The number of aromatic nitrogens is 4. The summed E-state index contributed by atoms with van der Waals surface area (Å²) in [4.78, 5) is 19.5. The Balaban J connectivity index is 1.44. The molecule has 32 heavy (non-hydrogen) atoms. The van der Waals surface area contributed by atoms with Crippen molar-refractivity contribution in [1.29, 1.82) is 0 Å². The predicted molar refractivity (Wildman–Crippen MR) is 134 cm³/mol. The zero-order valence-electron chi connectivity index (χ0n) is 18.6. The van der Waals surface area contributed by atoms with Gasteiger partial charge in [-0.25, -0.2) is 4.98 Å². The van der Waals surface area contributed by atoms with Gasteiger partial charge in [-0.15, -0.1) is 10.2 Å². The average Bonchev–Trinajstić information content (AvgIpc) is 3.38. The maximum Gasteiger partial charge on any atom is 0.239 e. The van der Waals surface area contributed by atoms with Crippen molar-refractivity contribution < 1.29 is 4.79 Å². The Morgan fingerprint density at radius 3 is 2.53 bits per heavy atom. The number of carbonyl (C=O) groups excluding carboxylic acids is 1. The molecule has 7 nitrogen and oxygen atoms in total. The SMILES string of the molecule is CCN(CC)c1ccc(-c2nnc(SC(C)C(=O)Nc3nc4ccccc4s3)n2C)cc1. The molecule has 0 saturated carbocycles. The molecule has 0 aliphatic heterocycles. The zero-order chi connectivity index (χ0) is 22.7. The Labute approximate surface area is 195 Å². The number of rotatable bonds is 8. The fourth-order valence-electron chi connectivity index (χ4n) is 3.42. The largest absolute Gasteiger partial charge is 0.372 e. The average molecular weight is 467 g/mol. The summed E-state index contributed by atoms with van der Waals surface area (Å²) in [5.41, 5.74) is 3.07. The van der Waals surface area contributed by atoms with E-state index in [0.717, 1.165) is 34.7 Å².